The molecule has 20 heavy (non-hydrogen) atoms. The molecular formula is C16H15BrF2S. The Hall–Kier alpha value is -0.740. The highest BCUT2D eigenvalue weighted by Gasteiger charge is 2.19. The fourth-order valence-corrected chi connectivity index (χ4v) is 4.66. The van der Waals surface area contributed by atoms with Gasteiger partial charge in [0, 0.05) is 9.75 Å². The summed E-state index contributed by atoms with van der Waals surface area (Å²) in [4.78, 5) is 2.74. The molecule has 1 aliphatic carbocycles. The molecule has 0 N–H and O–H groups in total. The summed E-state index contributed by atoms with van der Waals surface area (Å²) in [5.41, 5.74) is 1.87. The van der Waals surface area contributed by atoms with E-state index in [1.807, 2.05) is 11.3 Å². The van der Waals surface area contributed by atoms with Gasteiger partial charge in [-0.25, -0.2) is 8.78 Å². The lowest BCUT2D eigenvalue weighted by atomic mass is 9.99. The average molecular weight is 357 g/mol. The third-order valence-electron chi connectivity index (χ3n) is 3.76. The molecule has 0 aliphatic heterocycles. The van der Waals surface area contributed by atoms with Crippen molar-refractivity contribution in [3.63, 3.8) is 0 Å². The summed E-state index contributed by atoms with van der Waals surface area (Å²) in [5.74, 6) is -1.49. The first-order valence-electron chi connectivity index (χ1n) is 6.83. The van der Waals surface area contributed by atoms with Gasteiger partial charge >= 0.3 is 0 Å². The van der Waals surface area contributed by atoms with Gasteiger partial charge in [-0.15, -0.1) is 11.3 Å². The monoisotopic (exact) mass is 356 g/mol. The normalized spacial score (nSPS) is 15.9. The van der Waals surface area contributed by atoms with Crippen molar-refractivity contribution in [3.05, 3.63) is 56.8 Å². The molecule has 2 aromatic rings. The van der Waals surface area contributed by atoms with Crippen LogP contribution in [-0.2, 0) is 19.3 Å². The third-order valence-corrected chi connectivity index (χ3v) is 6.23. The zero-order chi connectivity index (χ0) is 14.1. The van der Waals surface area contributed by atoms with Gasteiger partial charge in [-0.05, 0) is 55.4 Å². The Balaban J connectivity index is 1.80. The Labute approximate surface area is 130 Å². The van der Waals surface area contributed by atoms with Crippen LogP contribution in [0.3, 0.4) is 0 Å². The minimum Gasteiger partial charge on any atom is -0.204 e. The van der Waals surface area contributed by atoms with Crippen LogP contribution in [0.25, 0.3) is 0 Å². The lowest BCUT2D eigenvalue weighted by molar-refractivity contribution is 0.498. The largest absolute Gasteiger partial charge is 0.204 e. The zero-order valence-electron chi connectivity index (χ0n) is 11.0. The van der Waals surface area contributed by atoms with E-state index in [0.29, 0.717) is 12.0 Å². The Morgan fingerprint density at radius 2 is 2.00 bits per heavy atom. The van der Waals surface area contributed by atoms with Gasteiger partial charge in [-0.2, -0.15) is 0 Å². The van der Waals surface area contributed by atoms with Gasteiger partial charge in [-0.3, -0.25) is 0 Å². The first-order chi connectivity index (χ1) is 9.65. The molecule has 1 unspecified atom stereocenters. The van der Waals surface area contributed by atoms with Crippen molar-refractivity contribution >= 4 is 27.3 Å². The number of benzene rings is 1. The van der Waals surface area contributed by atoms with Gasteiger partial charge in [0.25, 0.3) is 0 Å². The first-order valence-corrected chi connectivity index (χ1v) is 8.57. The third kappa shape index (κ3) is 2.82. The molecule has 1 atom stereocenters. The van der Waals surface area contributed by atoms with Crippen molar-refractivity contribution in [1.82, 2.24) is 0 Å². The Morgan fingerprint density at radius 3 is 2.80 bits per heavy atom. The fourth-order valence-electron chi connectivity index (χ4n) is 2.67. The quantitative estimate of drug-likeness (QED) is 0.629. The second-order valence-corrected chi connectivity index (χ2v) is 7.46. The van der Waals surface area contributed by atoms with E-state index < -0.39 is 11.6 Å². The Morgan fingerprint density at radius 1 is 1.20 bits per heavy atom. The van der Waals surface area contributed by atoms with Crippen LogP contribution in [0, 0.1) is 11.6 Å². The number of aryl methyl sites for hydroxylation is 2. The molecule has 0 bridgehead atoms. The zero-order valence-corrected chi connectivity index (χ0v) is 13.4. The second-order valence-electron chi connectivity index (χ2n) is 5.19. The summed E-state index contributed by atoms with van der Waals surface area (Å²) in [5, 5.41) is 0. The number of rotatable bonds is 3. The van der Waals surface area contributed by atoms with E-state index in [-0.39, 0.29) is 4.83 Å². The molecule has 0 saturated carbocycles. The van der Waals surface area contributed by atoms with E-state index in [2.05, 4.69) is 22.0 Å². The van der Waals surface area contributed by atoms with Crippen LogP contribution in [-0.4, -0.2) is 0 Å². The van der Waals surface area contributed by atoms with Gasteiger partial charge in [0.15, 0.2) is 11.6 Å². The van der Waals surface area contributed by atoms with E-state index in [0.717, 1.165) is 18.9 Å². The fraction of sp³-hybridized carbons (Fsp3) is 0.375. The van der Waals surface area contributed by atoms with E-state index in [4.69, 9.17) is 0 Å². The molecule has 1 aliphatic rings. The highest BCUT2D eigenvalue weighted by molar-refractivity contribution is 9.09. The van der Waals surface area contributed by atoms with Crippen LogP contribution < -0.4 is 0 Å². The number of halogens is 3. The lowest BCUT2D eigenvalue weighted by Crippen LogP contribution is -1.98. The molecule has 0 radical (unpaired) electrons. The van der Waals surface area contributed by atoms with Gasteiger partial charge in [0.05, 0.1) is 4.83 Å². The molecule has 106 valence electrons. The Kier molecular flexibility index (Phi) is 4.22. The van der Waals surface area contributed by atoms with Crippen LogP contribution in [0.5, 0.6) is 0 Å². The van der Waals surface area contributed by atoms with Gasteiger partial charge in [0.1, 0.15) is 0 Å². The predicted octanol–water partition coefficient (Wildman–Crippen LogP) is 5.58. The predicted molar refractivity (Wildman–Crippen MR) is 82.7 cm³/mol. The van der Waals surface area contributed by atoms with Gasteiger partial charge in [0.2, 0.25) is 0 Å². The summed E-state index contributed by atoms with van der Waals surface area (Å²) in [6.45, 7) is 0. The lowest BCUT2D eigenvalue weighted by Gasteiger charge is -2.09. The van der Waals surface area contributed by atoms with Crippen LogP contribution in [0.1, 0.15) is 38.6 Å². The molecule has 0 spiro atoms. The molecule has 0 amide bonds. The summed E-state index contributed by atoms with van der Waals surface area (Å²) in [7, 11) is 0. The van der Waals surface area contributed by atoms with Crippen LogP contribution in [0.4, 0.5) is 8.78 Å². The Bertz CT molecular complexity index is 597. The van der Waals surface area contributed by atoms with Crippen molar-refractivity contribution in [2.75, 3.05) is 0 Å². The maximum Gasteiger partial charge on any atom is 0.162 e. The average Bonchev–Trinajstić information content (AvgIpc) is 2.88. The summed E-state index contributed by atoms with van der Waals surface area (Å²) in [6, 6.07) is 6.61. The van der Waals surface area contributed by atoms with E-state index in [1.54, 1.807) is 12.1 Å². The van der Waals surface area contributed by atoms with E-state index in [1.165, 1.54) is 28.2 Å². The minimum atomic E-state index is -0.771. The molecule has 1 aromatic carbocycles. The molecule has 0 nitrogen and oxygen atoms in total. The summed E-state index contributed by atoms with van der Waals surface area (Å²) < 4.78 is 26.9. The second kappa shape index (κ2) is 5.94. The van der Waals surface area contributed by atoms with Crippen molar-refractivity contribution in [2.24, 2.45) is 0 Å². The van der Waals surface area contributed by atoms with Crippen LogP contribution in [0.15, 0.2) is 24.3 Å². The molecule has 1 heterocycles. The topological polar surface area (TPSA) is 0 Å². The SMILES string of the molecule is Fc1cccc(CC(Br)c2cc3c(s2)CCCC3)c1F. The van der Waals surface area contributed by atoms with Crippen molar-refractivity contribution in [2.45, 2.75) is 36.9 Å². The number of thiophene rings is 1. The van der Waals surface area contributed by atoms with Crippen LogP contribution in [0.2, 0.25) is 0 Å². The maximum atomic E-state index is 13.7. The molecular weight excluding hydrogens is 342 g/mol. The van der Waals surface area contributed by atoms with Gasteiger partial charge < -0.3 is 0 Å². The van der Waals surface area contributed by atoms with Gasteiger partial charge in [-0.1, -0.05) is 28.1 Å². The molecule has 4 heteroatoms. The first kappa shape index (κ1) is 14.2. The number of hydrogen-bond acceptors (Lipinski definition) is 1. The van der Waals surface area contributed by atoms with Crippen LogP contribution >= 0.6 is 27.3 Å². The van der Waals surface area contributed by atoms with E-state index >= 15 is 0 Å². The van der Waals surface area contributed by atoms with Crippen molar-refractivity contribution in [3.8, 4) is 0 Å². The standard InChI is InChI=1S/C16H15BrF2S/c17-12(8-11-5-3-6-13(18)16(11)19)15-9-10-4-1-2-7-14(10)20-15/h3,5-6,9,12H,1-2,4,7-8H2. The molecule has 0 fully saturated rings. The molecule has 3 rings (SSSR count). The molecule has 0 saturated heterocycles. The number of alkyl halides is 1. The van der Waals surface area contributed by atoms with E-state index in [9.17, 15) is 8.78 Å². The molecule has 1 aromatic heterocycles. The highest BCUT2D eigenvalue weighted by atomic mass is 79.9. The maximum absolute atomic E-state index is 13.7. The minimum absolute atomic E-state index is 0.0504. The summed E-state index contributed by atoms with van der Waals surface area (Å²) >= 11 is 5.44. The van der Waals surface area contributed by atoms with Crippen molar-refractivity contribution < 1.29 is 8.78 Å². The number of fused-ring (bicyclic) bond motifs is 1. The van der Waals surface area contributed by atoms with Crippen molar-refractivity contribution in [1.29, 1.82) is 0 Å². The smallest absolute Gasteiger partial charge is 0.162 e. The highest BCUT2D eigenvalue weighted by Crippen LogP contribution is 2.38. The number of hydrogen-bond donors (Lipinski definition) is 0. The summed E-state index contributed by atoms with van der Waals surface area (Å²) in [6.07, 6.45) is 5.31.